The van der Waals surface area contributed by atoms with E-state index in [4.69, 9.17) is 11.6 Å². The lowest BCUT2D eigenvalue weighted by molar-refractivity contribution is -0.119. The van der Waals surface area contributed by atoms with E-state index in [9.17, 15) is 4.79 Å². The van der Waals surface area contributed by atoms with E-state index in [0.717, 1.165) is 12.8 Å². The van der Waals surface area contributed by atoms with Crippen LogP contribution in [-0.2, 0) is 4.79 Å². The maximum Gasteiger partial charge on any atom is 0.235 e. The zero-order valence-electron chi connectivity index (χ0n) is 6.48. The normalized spacial score (nSPS) is 12.7. The fourth-order valence-electron chi connectivity index (χ4n) is 0.819. The molecule has 60 valence electrons. The van der Waals surface area contributed by atoms with Crippen molar-refractivity contribution in [3.63, 3.8) is 0 Å². The second-order valence-corrected chi connectivity index (χ2v) is 2.66. The van der Waals surface area contributed by atoms with Crippen molar-refractivity contribution in [2.75, 3.05) is 5.88 Å². The molecule has 0 fully saturated rings. The van der Waals surface area contributed by atoms with E-state index in [2.05, 4.69) is 12.2 Å². The van der Waals surface area contributed by atoms with Crippen LogP contribution in [0.4, 0.5) is 0 Å². The van der Waals surface area contributed by atoms with Gasteiger partial charge in [0.15, 0.2) is 0 Å². The number of carbonyl (C=O) groups excluding carboxylic acids is 1. The molecule has 0 aromatic rings. The minimum Gasteiger partial charge on any atom is -0.353 e. The molecule has 0 aliphatic heterocycles. The summed E-state index contributed by atoms with van der Waals surface area (Å²) in [6, 6.07) is 0.260. The Bertz CT molecular complexity index is 106. The van der Waals surface area contributed by atoms with E-state index >= 15 is 0 Å². The molecule has 1 atom stereocenters. The van der Waals surface area contributed by atoms with Gasteiger partial charge in [-0.3, -0.25) is 4.79 Å². The topological polar surface area (TPSA) is 29.1 Å². The van der Waals surface area contributed by atoms with Crippen LogP contribution in [0, 0.1) is 0 Å². The van der Waals surface area contributed by atoms with Crippen LogP contribution in [0.25, 0.3) is 0 Å². The third-order valence-electron chi connectivity index (χ3n) is 1.25. The molecule has 1 unspecified atom stereocenters. The number of nitrogens with one attached hydrogen (secondary N) is 1. The molecule has 2 nitrogen and oxygen atoms in total. The molecular weight excluding hydrogens is 150 g/mol. The van der Waals surface area contributed by atoms with Gasteiger partial charge in [-0.1, -0.05) is 13.3 Å². The molecule has 0 radical (unpaired) electrons. The van der Waals surface area contributed by atoms with Crippen LogP contribution in [0.1, 0.15) is 26.7 Å². The zero-order valence-corrected chi connectivity index (χ0v) is 7.24. The van der Waals surface area contributed by atoms with Crippen molar-refractivity contribution in [3.8, 4) is 0 Å². The number of carbonyl (C=O) groups is 1. The summed E-state index contributed by atoms with van der Waals surface area (Å²) in [6.45, 7) is 4.07. The van der Waals surface area contributed by atoms with Crippen LogP contribution in [0.5, 0.6) is 0 Å². The highest BCUT2D eigenvalue weighted by molar-refractivity contribution is 6.27. The number of alkyl halides is 1. The van der Waals surface area contributed by atoms with Gasteiger partial charge in [0, 0.05) is 6.04 Å². The van der Waals surface area contributed by atoms with Crippen LogP contribution < -0.4 is 5.32 Å². The molecule has 0 aliphatic rings. The average Bonchev–Trinajstić information content (AvgIpc) is 1.88. The molecular formula is C7H14ClNO. The summed E-state index contributed by atoms with van der Waals surface area (Å²) in [4.78, 5) is 10.7. The Morgan fingerprint density at radius 3 is 2.70 bits per heavy atom. The van der Waals surface area contributed by atoms with Crippen molar-refractivity contribution in [3.05, 3.63) is 0 Å². The molecule has 1 amide bonds. The van der Waals surface area contributed by atoms with Gasteiger partial charge in [0.1, 0.15) is 5.88 Å². The van der Waals surface area contributed by atoms with Gasteiger partial charge in [-0.05, 0) is 13.3 Å². The largest absolute Gasteiger partial charge is 0.353 e. The second kappa shape index (κ2) is 5.54. The lowest BCUT2D eigenvalue weighted by Crippen LogP contribution is -2.33. The molecule has 0 spiro atoms. The molecule has 10 heavy (non-hydrogen) atoms. The number of hydrogen-bond acceptors (Lipinski definition) is 1. The van der Waals surface area contributed by atoms with E-state index in [0.29, 0.717) is 0 Å². The van der Waals surface area contributed by atoms with Gasteiger partial charge in [0.25, 0.3) is 0 Å². The predicted octanol–water partition coefficient (Wildman–Crippen LogP) is 1.53. The highest BCUT2D eigenvalue weighted by atomic mass is 35.5. The van der Waals surface area contributed by atoms with Crippen molar-refractivity contribution < 1.29 is 4.79 Å². The van der Waals surface area contributed by atoms with Crippen LogP contribution in [0.2, 0.25) is 0 Å². The predicted molar refractivity (Wildman–Crippen MR) is 43.2 cm³/mol. The molecule has 3 heteroatoms. The monoisotopic (exact) mass is 163 g/mol. The van der Waals surface area contributed by atoms with Gasteiger partial charge in [0.05, 0.1) is 0 Å². The van der Waals surface area contributed by atoms with Gasteiger partial charge in [0.2, 0.25) is 5.91 Å². The zero-order chi connectivity index (χ0) is 7.98. The Morgan fingerprint density at radius 1 is 1.70 bits per heavy atom. The summed E-state index contributed by atoms with van der Waals surface area (Å²) < 4.78 is 0. The Balaban J connectivity index is 3.37. The molecule has 0 saturated carbocycles. The third-order valence-corrected chi connectivity index (χ3v) is 1.49. The van der Waals surface area contributed by atoms with E-state index in [-0.39, 0.29) is 17.8 Å². The molecule has 1 N–H and O–H groups in total. The van der Waals surface area contributed by atoms with Crippen molar-refractivity contribution >= 4 is 17.5 Å². The first kappa shape index (κ1) is 9.76. The quantitative estimate of drug-likeness (QED) is 0.626. The standard InChI is InChI=1S/C7H14ClNO/c1-3-4-6(2)9-7(10)5-8/h6H,3-5H2,1-2H3,(H,9,10). The molecule has 0 aromatic heterocycles. The van der Waals surface area contributed by atoms with E-state index in [1.54, 1.807) is 0 Å². The first-order valence-corrected chi connectivity index (χ1v) is 4.09. The fraction of sp³-hybridized carbons (Fsp3) is 0.857. The smallest absolute Gasteiger partial charge is 0.235 e. The van der Waals surface area contributed by atoms with Crippen molar-refractivity contribution in [1.82, 2.24) is 5.32 Å². The van der Waals surface area contributed by atoms with Crippen LogP contribution >= 0.6 is 11.6 Å². The summed E-state index contributed by atoms with van der Waals surface area (Å²) in [5, 5.41) is 2.76. The van der Waals surface area contributed by atoms with Gasteiger partial charge in [-0.2, -0.15) is 0 Å². The third kappa shape index (κ3) is 4.62. The minimum atomic E-state index is -0.0809. The molecule has 0 aromatic carbocycles. The van der Waals surface area contributed by atoms with Gasteiger partial charge in [-0.25, -0.2) is 0 Å². The lowest BCUT2D eigenvalue weighted by Gasteiger charge is -2.10. The van der Waals surface area contributed by atoms with Crippen molar-refractivity contribution in [2.45, 2.75) is 32.7 Å². The highest BCUT2D eigenvalue weighted by Crippen LogP contribution is 1.94. The van der Waals surface area contributed by atoms with Crippen LogP contribution in [0.3, 0.4) is 0 Å². The summed E-state index contributed by atoms with van der Waals surface area (Å²) >= 11 is 5.28. The summed E-state index contributed by atoms with van der Waals surface area (Å²) in [6.07, 6.45) is 2.10. The fourth-order valence-corrected chi connectivity index (χ4v) is 0.896. The van der Waals surface area contributed by atoms with Gasteiger partial charge >= 0.3 is 0 Å². The van der Waals surface area contributed by atoms with Gasteiger partial charge < -0.3 is 5.32 Å². The SMILES string of the molecule is CCCC(C)NC(=O)CCl. The minimum absolute atomic E-state index is 0.0635. The first-order chi connectivity index (χ1) is 4.70. The Hall–Kier alpha value is -0.240. The van der Waals surface area contributed by atoms with E-state index < -0.39 is 0 Å². The van der Waals surface area contributed by atoms with Gasteiger partial charge in [-0.15, -0.1) is 11.6 Å². The molecule has 0 saturated heterocycles. The summed E-state index contributed by atoms with van der Waals surface area (Å²) in [5.41, 5.74) is 0. The Morgan fingerprint density at radius 2 is 2.30 bits per heavy atom. The maximum atomic E-state index is 10.7. The number of rotatable bonds is 4. The number of hydrogen-bond donors (Lipinski definition) is 1. The molecule has 0 rings (SSSR count). The van der Waals surface area contributed by atoms with Crippen molar-refractivity contribution in [2.24, 2.45) is 0 Å². The van der Waals surface area contributed by atoms with E-state index in [1.165, 1.54) is 0 Å². The first-order valence-electron chi connectivity index (χ1n) is 3.56. The highest BCUT2D eigenvalue weighted by Gasteiger charge is 2.03. The Kier molecular flexibility index (Phi) is 5.40. The average molecular weight is 164 g/mol. The number of halogens is 1. The number of amides is 1. The van der Waals surface area contributed by atoms with E-state index in [1.807, 2.05) is 6.92 Å². The van der Waals surface area contributed by atoms with Crippen LogP contribution in [0.15, 0.2) is 0 Å². The molecule has 0 aliphatic carbocycles. The molecule has 0 bridgehead atoms. The van der Waals surface area contributed by atoms with Crippen molar-refractivity contribution in [1.29, 1.82) is 0 Å². The lowest BCUT2D eigenvalue weighted by atomic mass is 10.2. The second-order valence-electron chi connectivity index (χ2n) is 2.39. The molecule has 0 heterocycles. The summed E-state index contributed by atoms with van der Waals surface area (Å²) in [5.74, 6) is -0.0174. The van der Waals surface area contributed by atoms with Crippen LogP contribution in [-0.4, -0.2) is 17.8 Å². The summed E-state index contributed by atoms with van der Waals surface area (Å²) in [7, 11) is 0. The maximum absolute atomic E-state index is 10.7. The Labute approximate surface area is 66.9 Å².